The molecule has 0 spiro atoms. The third-order valence-corrected chi connectivity index (χ3v) is 4.94. The Balaban J connectivity index is 1.77. The average molecular weight is 438 g/mol. The van der Waals surface area contributed by atoms with Crippen molar-refractivity contribution >= 4 is 39.0 Å². The predicted octanol–water partition coefficient (Wildman–Crippen LogP) is 5.43. The molecule has 0 amide bonds. The number of halogens is 2. The molecule has 0 radical (unpaired) electrons. The molecule has 0 aliphatic carbocycles. The van der Waals surface area contributed by atoms with Crippen molar-refractivity contribution < 1.29 is 4.74 Å². The molecule has 3 rings (SSSR count). The van der Waals surface area contributed by atoms with Gasteiger partial charge in [0.25, 0.3) is 0 Å². The number of hydrogen-bond acceptors (Lipinski definition) is 4. The number of benzene rings is 1. The third-order valence-electron chi connectivity index (χ3n) is 4.05. The van der Waals surface area contributed by atoms with Gasteiger partial charge in [0.15, 0.2) is 5.65 Å². The number of unbranched alkanes of at least 4 members (excludes halogenated alkanes) is 2. The van der Waals surface area contributed by atoms with Crippen LogP contribution in [-0.4, -0.2) is 34.4 Å². The van der Waals surface area contributed by atoms with Crippen LogP contribution >= 0.6 is 27.5 Å². The van der Waals surface area contributed by atoms with Crippen LogP contribution in [0.4, 0.5) is 5.82 Å². The first kappa shape index (κ1) is 19.1. The van der Waals surface area contributed by atoms with Crippen molar-refractivity contribution in [2.75, 3.05) is 25.1 Å². The number of anilines is 1. The second-order valence-electron chi connectivity index (χ2n) is 5.92. The van der Waals surface area contributed by atoms with E-state index in [2.05, 4.69) is 26.3 Å². The number of fused-ring (bicyclic) bond motifs is 1. The van der Waals surface area contributed by atoms with E-state index in [-0.39, 0.29) is 0 Å². The second-order valence-corrected chi connectivity index (χ2v) is 7.18. The summed E-state index contributed by atoms with van der Waals surface area (Å²) in [6.07, 6.45) is 5.04. The van der Waals surface area contributed by atoms with Gasteiger partial charge in [0.1, 0.15) is 5.82 Å². The fraction of sp³-hybridized carbons (Fsp3) is 0.368. The summed E-state index contributed by atoms with van der Waals surface area (Å²) >= 11 is 9.88. The SMILES string of the molecule is CCOCCCCCNc1cc(-c2ccccc2Cl)nc2c(Br)cnn12. The Kier molecular flexibility index (Phi) is 6.88. The van der Waals surface area contributed by atoms with Crippen LogP contribution in [-0.2, 0) is 4.74 Å². The lowest BCUT2D eigenvalue weighted by Gasteiger charge is -2.11. The van der Waals surface area contributed by atoms with Crippen molar-refractivity contribution in [3.05, 3.63) is 46.0 Å². The van der Waals surface area contributed by atoms with E-state index in [9.17, 15) is 0 Å². The summed E-state index contributed by atoms with van der Waals surface area (Å²) in [5.41, 5.74) is 2.49. The molecule has 1 N–H and O–H groups in total. The molecule has 0 unspecified atom stereocenters. The van der Waals surface area contributed by atoms with Gasteiger partial charge in [-0.2, -0.15) is 9.61 Å². The molecule has 1 aromatic carbocycles. The lowest BCUT2D eigenvalue weighted by molar-refractivity contribution is 0.143. The zero-order valence-corrected chi connectivity index (χ0v) is 17.1. The van der Waals surface area contributed by atoms with Gasteiger partial charge in [-0.3, -0.25) is 0 Å². The summed E-state index contributed by atoms with van der Waals surface area (Å²) in [4.78, 5) is 4.72. The summed E-state index contributed by atoms with van der Waals surface area (Å²) in [6.45, 7) is 4.50. The van der Waals surface area contributed by atoms with Gasteiger partial charge >= 0.3 is 0 Å². The Bertz CT molecular complexity index is 868. The summed E-state index contributed by atoms with van der Waals surface area (Å²) < 4.78 is 8.04. The van der Waals surface area contributed by atoms with E-state index in [0.717, 1.165) is 66.2 Å². The zero-order chi connectivity index (χ0) is 18.4. The highest BCUT2D eigenvalue weighted by Crippen LogP contribution is 2.30. The topological polar surface area (TPSA) is 51.5 Å². The monoisotopic (exact) mass is 436 g/mol. The van der Waals surface area contributed by atoms with Crippen LogP contribution < -0.4 is 5.32 Å². The Labute approximate surface area is 166 Å². The van der Waals surface area contributed by atoms with Gasteiger partial charge in [0, 0.05) is 36.4 Å². The Hall–Kier alpha value is -1.63. The number of rotatable bonds is 9. The first-order chi connectivity index (χ1) is 12.7. The first-order valence-electron chi connectivity index (χ1n) is 8.81. The molecule has 3 aromatic rings. The number of nitrogens with zero attached hydrogens (tertiary/aromatic N) is 3. The number of hydrogen-bond donors (Lipinski definition) is 1. The van der Waals surface area contributed by atoms with Crippen LogP contribution in [0.5, 0.6) is 0 Å². The highest BCUT2D eigenvalue weighted by molar-refractivity contribution is 9.10. The van der Waals surface area contributed by atoms with Crippen molar-refractivity contribution in [2.24, 2.45) is 0 Å². The minimum Gasteiger partial charge on any atom is -0.382 e. The molecule has 26 heavy (non-hydrogen) atoms. The van der Waals surface area contributed by atoms with Gasteiger partial charge in [-0.15, -0.1) is 0 Å². The smallest absolute Gasteiger partial charge is 0.172 e. The standard InChI is InChI=1S/C19H22BrClN4O/c1-2-26-11-7-3-6-10-22-18-12-17(14-8-4-5-9-16(14)21)24-19-15(20)13-23-25(18)19/h4-5,8-9,12-13,22H,2-3,6-7,10-11H2,1H3. The van der Waals surface area contributed by atoms with Crippen LogP contribution in [0.2, 0.25) is 5.02 Å². The fourth-order valence-electron chi connectivity index (χ4n) is 2.74. The van der Waals surface area contributed by atoms with Gasteiger partial charge < -0.3 is 10.1 Å². The predicted molar refractivity (Wildman–Crippen MR) is 110 cm³/mol. The minimum atomic E-state index is 0.682. The molecule has 0 fully saturated rings. The maximum Gasteiger partial charge on any atom is 0.172 e. The van der Waals surface area contributed by atoms with Gasteiger partial charge in [0.2, 0.25) is 0 Å². The summed E-state index contributed by atoms with van der Waals surface area (Å²) in [7, 11) is 0. The van der Waals surface area contributed by atoms with Crippen molar-refractivity contribution in [1.29, 1.82) is 0 Å². The number of aromatic nitrogens is 3. The zero-order valence-electron chi connectivity index (χ0n) is 14.7. The summed E-state index contributed by atoms with van der Waals surface area (Å²) in [6, 6.07) is 9.72. The molecular weight excluding hydrogens is 416 g/mol. The largest absolute Gasteiger partial charge is 0.382 e. The number of nitrogens with one attached hydrogen (secondary N) is 1. The van der Waals surface area contributed by atoms with Gasteiger partial charge in [-0.05, 0) is 48.2 Å². The van der Waals surface area contributed by atoms with Crippen molar-refractivity contribution in [3.63, 3.8) is 0 Å². The van der Waals surface area contributed by atoms with E-state index in [4.69, 9.17) is 21.3 Å². The average Bonchev–Trinajstić information content (AvgIpc) is 3.02. The molecule has 0 aliphatic rings. The Morgan fingerprint density at radius 1 is 1.23 bits per heavy atom. The van der Waals surface area contributed by atoms with Crippen molar-refractivity contribution in [1.82, 2.24) is 14.6 Å². The first-order valence-corrected chi connectivity index (χ1v) is 9.98. The van der Waals surface area contributed by atoms with Crippen LogP contribution in [0.15, 0.2) is 41.0 Å². The maximum atomic E-state index is 6.36. The fourth-order valence-corrected chi connectivity index (χ4v) is 3.32. The molecule has 2 heterocycles. The molecule has 0 atom stereocenters. The van der Waals surface area contributed by atoms with E-state index >= 15 is 0 Å². The molecule has 138 valence electrons. The molecule has 7 heteroatoms. The third kappa shape index (κ3) is 4.55. The van der Waals surface area contributed by atoms with E-state index in [1.165, 1.54) is 0 Å². The van der Waals surface area contributed by atoms with Gasteiger partial charge in [-0.25, -0.2) is 4.98 Å². The normalized spacial score (nSPS) is 11.2. The van der Waals surface area contributed by atoms with Crippen LogP contribution in [0, 0.1) is 0 Å². The Morgan fingerprint density at radius 3 is 2.88 bits per heavy atom. The molecule has 0 saturated carbocycles. The van der Waals surface area contributed by atoms with Gasteiger partial charge in [0.05, 0.1) is 16.4 Å². The maximum absolute atomic E-state index is 6.36. The molecule has 0 aliphatic heterocycles. The highest BCUT2D eigenvalue weighted by Gasteiger charge is 2.12. The highest BCUT2D eigenvalue weighted by atomic mass is 79.9. The molecular formula is C19H22BrClN4O. The summed E-state index contributed by atoms with van der Waals surface area (Å²) in [5.74, 6) is 0.903. The van der Waals surface area contributed by atoms with Crippen molar-refractivity contribution in [2.45, 2.75) is 26.2 Å². The lowest BCUT2D eigenvalue weighted by Crippen LogP contribution is -2.08. The van der Waals surface area contributed by atoms with E-state index in [1.54, 1.807) is 6.20 Å². The van der Waals surface area contributed by atoms with Crippen LogP contribution in [0.25, 0.3) is 16.9 Å². The second kappa shape index (κ2) is 9.35. The van der Waals surface area contributed by atoms with Crippen LogP contribution in [0.3, 0.4) is 0 Å². The van der Waals surface area contributed by atoms with E-state index < -0.39 is 0 Å². The quantitative estimate of drug-likeness (QED) is 0.453. The lowest BCUT2D eigenvalue weighted by atomic mass is 10.1. The van der Waals surface area contributed by atoms with Gasteiger partial charge in [-0.1, -0.05) is 29.8 Å². The summed E-state index contributed by atoms with van der Waals surface area (Å²) in [5, 5.41) is 8.57. The molecule has 2 aromatic heterocycles. The number of ether oxygens (including phenoxy) is 1. The molecule has 0 saturated heterocycles. The van der Waals surface area contributed by atoms with E-state index in [1.807, 2.05) is 41.8 Å². The van der Waals surface area contributed by atoms with Crippen molar-refractivity contribution in [3.8, 4) is 11.3 Å². The van der Waals surface area contributed by atoms with E-state index in [0.29, 0.717) is 5.02 Å². The molecule has 0 bridgehead atoms. The molecule has 5 nitrogen and oxygen atoms in total. The van der Waals surface area contributed by atoms with Crippen LogP contribution in [0.1, 0.15) is 26.2 Å². The Morgan fingerprint density at radius 2 is 2.08 bits per heavy atom. The minimum absolute atomic E-state index is 0.682.